The molecule has 0 bridgehead atoms. The number of aromatic nitrogens is 1. The molecule has 130 valence electrons. The Morgan fingerprint density at radius 2 is 2.00 bits per heavy atom. The summed E-state index contributed by atoms with van der Waals surface area (Å²) in [6.07, 6.45) is 0.980. The number of oxazole rings is 1. The van der Waals surface area contributed by atoms with Crippen LogP contribution in [0.15, 0.2) is 28.7 Å². The molecule has 0 spiro atoms. The highest BCUT2D eigenvalue weighted by molar-refractivity contribution is 7.91. The Morgan fingerprint density at radius 1 is 1.33 bits per heavy atom. The number of benzene rings is 1. The number of amides is 1. The van der Waals surface area contributed by atoms with E-state index >= 15 is 0 Å². The molecule has 0 fully saturated rings. The molecule has 0 aliphatic heterocycles. The maximum atomic E-state index is 12.2. The molecule has 0 radical (unpaired) electrons. The van der Waals surface area contributed by atoms with Crippen molar-refractivity contribution < 1.29 is 13.8 Å². The molecule has 1 amide bonds. The van der Waals surface area contributed by atoms with E-state index in [2.05, 4.69) is 17.2 Å². The maximum absolute atomic E-state index is 12.2. The fraction of sp³-hybridized carbons (Fsp3) is 0.444. The van der Waals surface area contributed by atoms with E-state index in [9.17, 15) is 9.35 Å². The van der Waals surface area contributed by atoms with E-state index < -0.39 is 11.2 Å². The van der Waals surface area contributed by atoms with Crippen molar-refractivity contribution in [3.8, 4) is 11.5 Å². The van der Waals surface area contributed by atoms with Crippen LogP contribution in [0.4, 0.5) is 0 Å². The minimum Gasteiger partial charge on any atom is -0.616 e. The lowest BCUT2D eigenvalue weighted by Gasteiger charge is -2.11. The van der Waals surface area contributed by atoms with Crippen molar-refractivity contribution in [1.29, 1.82) is 0 Å². The van der Waals surface area contributed by atoms with E-state index in [1.165, 1.54) is 5.56 Å². The van der Waals surface area contributed by atoms with Crippen LogP contribution in [0.2, 0.25) is 0 Å². The molecule has 0 saturated heterocycles. The molecular formula is C18H24N2O3S. The zero-order valence-corrected chi connectivity index (χ0v) is 15.4. The first kappa shape index (κ1) is 18.5. The van der Waals surface area contributed by atoms with Crippen LogP contribution >= 0.6 is 0 Å². The number of nitrogens with one attached hydrogen (secondary N) is 1. The molecule has 0 aliphatic rings. The summed E-state index contributed by atoms with van der Waals surface area (Å²) in [5, 5.41) is 2.74. The lowest BCUT2D eigenvalue weighted by atomic mass is 10.1. The summed E-state index contributed by atoms with van der Waals surface area (Å²) in [7, 11) is 0. The van der Waals surface area contributed by atoms with Gasteiger partial charge in [-0.05, 0) is 56.1 Å². The molecule has 1 aromatic heterocycles. The number of carbonyl (C=O) groups excluding carboxylic acids is 1. The van der Waals surface area contributed by atoms with Gasteiger partial charge in [-0.2, -0.15) is 0 Å². The second-order valence-corrected chi connectivity index (χ2v) is 7.48. The number of nitrogens with zero attached hydrogens (tertiary/aromatic N) is 1. The van der Waals surface area contributed by atoms with Gasteiger partial charge in [0.2, 0.25) is 5.89 Å². The minimum atomic E-state index is -1.31. The van der Waals surface area contributed by atoms with E-state index in [0.29, 0.717) is 17.3 Å². The molecule has 1 atom stereocenters. The number of rotatable bonds is 7. The smallest absolute Gasteiger partial charge is 0.270 e. The Balaban J connectivity index is 2.04. The first-order valence-corrected chi connectivity index (χ1v) is 9.57. The molecule has 5 nitrogen and oxygen atoms in total. The van der Waals surface area contributed by atoms with Gasteiger partial charge in [0.15, 0.2) is 11.5 Å². The zero-order chi connectivity index (χ0) is 17.7. The summed E-state index contributed by atoms with van der Waals surface area (Å²) in [6, 6.07) is 8.08. The van der Waals surface area contributed by atoms with Crippen molar-refractivity contribution >= 4 is 17.1 Å². The standard InChI is InChI=1S/C18H24N2O3S/c1-5-14-6-8-15(9-7-14)18-20-16(13(4)23-18)10-24(22)11-17(21)19-12(2)3/h6-9,12H,5,10-11H2,1-4H3,(H,19,21). The van der Waals surface area contributed by atoms with E-state index in [4.69, 9.17) is 4.42 Å². The molecule has 1 heterocycles. The average molecular weight is 348 g/mol. The van der Waals surface area contributed by atoms with Gasteiger partial charge in [0.25, 0.3) is 5.91 Å². The summed E-state index contributed by atoms with van der Waals surface area (Å²) < 4.78 is 17.9. The van der Waals surface area contributed by atoms with Crippen LogP contribution in [0.3, 0.4) is 0 Å². The van der Waals surface area contributed by atoms with E-state index in [-0.39, 0.29) is 23.5 Å². The fourth-order valence-electron chi connectivity index (χ4n) is 2.28. The predicted molar refractivity (Wildman–Crippen MR) is 96.0 cm³/mol. The van der Waals surface area contributed by atoms with Crippen LogP contribution in [0, 0.1) is 6.92 Å². The van der Waals surface area contributed by atoms with Crippen LogP contribution in [0.5, 0.6) is 0 Å². The average Bonchev–Trinajstić information content (AvgIpc) is 2.87. The lowest BCUT2D eigenvalue weighted by Crippen LogP contribution is -2.35. The predicted octanol–water partition coefficient (Wildman–Crippen LogP) is 2.99. The van der Waals surface area contributed by atoms with Crippen LogP contribution in [0.1, 0.15) is 37.8 Å². The minimum absolute atomic E-state index is 0.0228. The Kier molecular flexibility index (Phi) is 6.45. The Morgan fingerprint density at radius 3 is 2.58 bits per heavy atom. The third kappa shape index (κ3) is 5.11. The summed E-state index contributed by atoms with van der Waals surface area (Å²) in [6.45, 7) is 7.65. The van der Waals surface area contributed by atoms with Crippen LogP contribution < -0.4 is 5.32 Å². The van der Waals surface area contributed by atoms with Crippen molar-refractivity contribution in [2.45, 2.75) is 45.9 Å². The molecule has 1 N–H and O–H groups in total. The lowest BCUT2D eigenvalue weighted by molar-refractivity contribution is -0.119. The van der Waals surface area contributed by atoms with Gasteiger partial charge in [-0.1, -0.05) is 19.1 Å². The molecule has 0 aliphatic carbocycles. The van der Waals surface area contributed by atoms with Crippen molar-refractivity contribution in [3.05, 3.63) is 41.3 Å². The number of hydrogen-bond acceptors (Lipinski definition) is 4. The van der Waals surface area contributed by atoms with Crippen molar-refractivity contribution in [2.24, 2.45) is 0 Å². The molecule has 24 heavy (non-hydrogen) atoms. The van der Waals surface area contributed by atoms with Crippen LogP contribution in [-0.2, 0) is 28.1 Å². The third-order valence-corrected chi connectivity index (χ3v) is 4.72. The van der Waals surface area contributed by atoms with Crippen molar-refractivity contribution in [1.82, 2.24) is 10.3 Å². The van der Waals surface area contributed by atoms with E-state index in [0.717, 1.165) is 12.0 Å². The molecule has 2 rings (SSSR count). The van der Waals surface area contributed by atoms with Crippen LogP contribution in [0.25, 0.3) is 11.5 Å². The van der Waals surface area contributed by atoms with Gasteiger partial charge in [-0.15, -0.1) is 0 Å². The van der Waals surface area contributed by atoms with Gasteiger partial charge in [-0.25, -0.2) is 4.98 Å². The molecular weight excluding hydrogens is 324 g/mol. The Labute approximate surface area is 146 Å². The molecule has 0 saturated carbocycles. The second-order valence-electron chi connectivity index (χ2n) is 6.02. The topological polar surface area (TPSA) is 78.2 Å². The number of aryl methyl sites for hydroxylation is 2. The van der Waals surface area contributed by atoms with Gasteiger partial charge in [-0.3, -0.25) is 4.79 Å². The fourth-order valence-corrected chi connectivity index (χ4v) is 3.33. The molecule has 6 heteroatoms. The number of carbonyl (C=O) groups is 1. The summed E-state index contributed by atoms with van der Waals surface area (Å²) in [4.78, 5) is 16.1. The summed E-state index contributed by atoms with van der Waals surface area (Å²) >= 11 is -1.31. The highest BCUT2D eigenvalue weighted by Crippen LogP contribution is 2.23. The summed E-state index contributed by atoms with van der Waals surface area (Å²) in [5.74, 6) is 1.15. The van der Waals surface area contributed by atoms with Crippen molar-refractivity contribution in [2.75, 3.05) is 5.75 Å². The van der Waals surface area contributed by atoms with Gasteiger partial charge in [0.1, 0.15) is 11.5 Å². The molecule has 1 aromatic carbocycles. The molecule has 2 aromatic rings. The quantitative estimate of drug-likeness (QED) is 0.780. The Hall–Kier alpha value is -1.79. The van der Waals surface area contributed by atoms with E-state index in [1.807, 2.05) is 38.1 Å². The summed E-state index contributed by atoms with van der Waals surface area (Å²) in [5.41, 5.74) is 2.78. The van der Waals surface area contributed by atoms with Gasteiger partial charge in [0.05, 0.1) is 0 Å². The SMILES string of the molecule is CCc1ccc(-c2nc(C[S+]([O-])CC(=O)NC(C)C)c(C)o2)cc1. The highest BCUT2D eigenvalue weighted by Gasteiger charge is 2.20. The van der Waals surface area contributed by atoms with Crippen molar-refractivity contribution in [3.63, 3.8) is 0 Å². The first-order chi connectivity index (χ1) is 11.4. The Bertz CT molecular complexity index is 680. The van der Waals surface area contributed by atoms with E-state index in [1.54, 1.807) is 6.92 Å². The second kappa shape index (κ2) is 8.35. The zero-order valence-electron chi connectivity index (χ0n) is 14.6. The maximum Gasteiger partial charge on any atom is 0.270 e. The third-order valence-electron chi connectivity index (χ3n) is 3.54. The largest absolute Gasteiger partial charge is 0.616 e. The first-order valence-electron chi connectivity index (χ1n) is 8.09. The van der Waals surface area contributed by atoms with Gasteiger partial charge >= 0.3 is 0 Å². The monoisotopic (exact) mass is 348 g/mol. The highest BCUT2D eigenvalue weighted by atomic mass is 32.2. The molecule has 1 unspecified atom stereocenters. The van der Waals surface area contributed by atoms with Gasteiger partial charge in [0, 0.05) is 11.6 Å². The van der Waals surface area contributed by atoms with Gasteiger partial charge < -0.3 is 14.3 Å². The van der Waals surface area contributed by atoms with Crippen LogP contribution in [-0.4, -0.2) is 27.2 Å². The number of hydrogen-bond donors (Lipinski definition) is 1. The normalized spacial score (nSPS) is 12.4.